The Morgan fingerprint density at radius 1 is 1.03 bits per heavy atom. The van der Waals surface area contributed by atoms with Crippen LogP contribution in [0.15, 0.2) is 113 Å². The second kappa shape index (κ2) is 21.2. The standard InChI is InChI=1S/C49H54ClN11O7S/c1-49(2)17-13-36(42(29-49)34-5-7-37(50)8-6-34)32-58-22-24-59(25-23-58)38-9-11-41(45(27-38)68-39-26-35-14-19-52-47(35)54-31-39)48(63)56-69(66,67)40-10-12-43(44(28-40)61(64)65)53-30-33-15-20-60(21-16-33)46(62)4-3-18-55-57-51/h5-14,17,19,26-29,31,33,36,53H,3-4,15-16,18,20-25,30,32H2,1-2H3,(H,52,54)(H,56,63). The highest BCUT2D eigenvalue weighted by Crippen LogP contribution is 2.38. The number of aromatic nitrogens is 2. The van der Waals surface area contributed by atoms with E-state index >= 15 is 0 Å². The number of aromatic amines is 1. The zero-order valence-corrected chi connectivity index (χ0v) is 40.0. The van der Waals surface area contributed by atoms with Gasteiger partial charge in [-0.05, 0) is 90.4 Å². The Balaban J connectivity index is 0.942. The predicted molar refractivity (Wildman–Crippen MR) is 266 cm³/mol. The minimum Gasteiger partial charge on any atom is -0.455 e. The van der Waals surface area contributed by atoms with Crippen LogP contribution >= 0.6 is 11.6 Å². The van der Waals surface area contributed by atoms with Crippen molar-refractivity contribution in [2.75, 3.05) is 69.1 Å². The van der Waals surface area contributed by atoms with E-state index < -0.39 is 31.4 Å². The summed E-state index contributed by atoms with van der Waals surface area (Å²) in [5.74, 6) is -0.278. The number of nitrogens with one attached hydrogen (secondary N) is 3. The van der Waals surface area contributed by atoms with Crippen molar-refractivity contribution >= 4 is 67.1 Å². The number of amides is 2. The van der Waals surface area contributed by atoms with E-state index in [9.17, 15) is 28.1 Å². The number of likely N-dealkylation sites (tertiary alicyclic amines) is 1. The molecule has 2 aromatic heterocycles. The third-order valence-corrected chi connectivity index (χ3v) is 14.4. The lowest BCUT2D eigenvalue weighted by molar-refractivity contribution is -0.384. The highest BCUT2D eigenvalue weighted by atomic mass is 35.5. The molecule has 1 atom stereocenters. The van der Waals surface area contributed by atoms with Gasteiger partial charge in [0.05, 0.1) is 21.6 Å². The molecule has 3 aromatic carbocycles. The van der Waals surface area contributed by atoms with Crippen molar-refractivity contribution < 1.29 is 27.7 Å². The molecule has 4 heterocycles. The van der Waals surface area contributed by atoms with Gasteiger partial charge in [0.15, 0.2) is 0 Å². The molecule has 2 saturated heterocycles. The van der Waals surface area contributed by atoms with Crippen LogP contribution in [0.25, 0.3) is 27.0 Å². The van der Waals surface area contributed by atoms with Gasteiger partial charge in [-0.15, -0.1) is 0 Å². The molecule has 1 aliphatic carbocycles. The van der Waals surface area contributed by atoms with Crippen molar-refractivity contribution in [3.05, 3.63) is 140 Å². The normalized spacial score (nSPS) is 17.5. The lowest BCUT2D eigenvalue weighted by Crippen LogP contribution is -2.48. The van der Waals surface area contributed by atoms with Crippen molar-refractivity contribution in [2.45, 2.75) is 44.4 Å². The molecule has 2 fully saturated rings. The molecule has 5 aromatic rings. The van der Waals surface area contributed by atoms with Gasteiger partial charge in [0.2, 0.25) is 5.91 Å². The Morgan fingerprint density at radius 2 is 1.80 bits per heavy atom. The van der Waals surface area contributed by atoms with E-state index in [0.717, 1.165) is 42.3 Å². The second-order valence-electron chi connectivity index (χ2n) is 18.2. The van der Waals surface area contributed by atoms with E-state index in [2.05, 4.69) is 84.0 Å². The first-order chi connectivity index (χ1) is 33.1. The second-order valence-corrected chi connectivity index (χ2v) is 20.3. The van der Waals surface area contributed by atoms with Crippen LogP contribution in [0, 0.1) is 27.4 Å². The van der Waals surface area contributed by atoms with Crippen LogP contribution in [0.4, 0.5) is 17.1 Å². The summed E-state index contributed by atoms with van der Waals surface area (Å²) in [6, 6.07) is 20.0. The summed E-state index contributed by atoms with van der Waals surface area (Å²) in [7, 11) is -4.63. The number of carbonyl (C=O) groups is 2. The number of nitrogens with zero attached hydrogens (tertiary/aromatic N) is 8. The van der Waals surface area contributed by atoms with Gasteiger partial charge in [0.1, 0.15) is 22.8 Å². The number of hydrogen-bond acceptors (Lipinski definition) is 12. The predicted octanol–water partition coefficient (Wildman–Crippen LogP) is 9.19. The van der Waals surface area contributed by atoms with Crippen molar-refractivity contribution in [1.29, 1.82) is 0 Å². The fraction of sp³-hybridized carbons (Fsp3) is 0.367. The van der Waals surface area contributed by atoms with Gasteiger partial charge in [-0.3, -0.25) is 24.6 Å². The molecule has 0 spiro atoms. The number of hydrogen-bond donors (Lipinski definition) is 3. The quantitative estimate of drug-likeness (QED) is 0.0151. The SMILES string of the molecule is CC1(C)C=CC(CN2CCN(c3ccc(C(=O)NS(=O)(=O)c4ccc(NCC5CCN(C(=O)CCCN=[N+]=[N-])CC5)c([N+](=O)[O-])c4)c(Oc4cnc5[nH]ccc5c4)c3)CC2)C(c2ccc(Cl)cc2)=C1. The molecular weight excluding hydrogens is 922 g/mol. The molecule has 3 aliphatic rings. The highest BCUT2D eigenvalue weighted by molar-refractivity contribution is 7.90. The van der Waals surface area contributed by atoms with Crippen LogP contribution in [0.5, 0.6) is 11.5 Å². The average Bonchev–Trinajstić information content (AvgIpc) is 3.81. The summed E-state index contributed by atoms with van der Waals surface area (Å²) in [4.78, 5) is 54.2. The third-order valence-electron chi connectivity index (χ3n) is 12.8. The van der Waals surface area contributed by atoms with Crippen LogP contribution in [0.1, 0.15) is 55.5 Å². The maximum atomic E-state index is 14.0. The number of sulfonamides is 1. The largest absolute Gasteiger partial charge is 0.455 e. The lowest BCUT2D eigenvalue weighted by Gasteiger charge is -2.39. The first-order valence-electron chi connectivity index (χ1n) is 22.9. The van der Waals surface area contributed by atoms with Crippen LogP contribution in [0.2, 0.25) is 5.02 Å². The van der Waals surface area contributed by atoms with Gasteiger partial charge < -0.3 is 24.8 Å². The van der Waals surface area contributed by atoms with E-state index in [4.69, 9.17) is 21.9 Å². The fourth-order valence-electron chi connectivity index (χ4n) is 9.03. The van der Waals surface area contributed by atoms with E-state index in [0.29, 0.717) is 68.4 Å². The number of fused-ring (bicyclic) bond motifs is 1. The van der Waals surface area contributed by atoms with E-state index in [-0.39, 0.29) is 53.1 Å². The number of piperidine rings is 1. The number of rotatable bonds is 17. The molecule has 3 N–H and O–H groups in total. The summed E-state index contributed by atoms with van der Waals surface area (Å²) < 4.78 is 36.0. The topological polar surface area (TPSA) is 232 Å². The van der Waals surface area contributed by atoms with Crippen LogP contribution < -0.4 is 19.7 Å². The smallest absolute Gasteiger partial charge is 0.293 e. The molecule has 2 amide bonds. The molecule has 18 nitrogen and oxygen atoms in total. The van der Waals surface area contributed by atoms with Gasteiger partial charge in [0.25, 0.3) is 21.6 Å². The van der Waals surface area contributed by atoms with Crippen molar-refractivity contribution in [3.63, 3.8) is 0 Å². The number of benzene rings is 3. The maximum absolute atomic E-state index is 14.0. The fourth-order valence-corrected chi connectivity index (χ4v) is 10.1. The van der Waals surface area contributed by atoms with Crippen LogP contribution in [-0.4, -0.2) is 104 Å². The van der Waals surface area contributed by atoms with Crippen LogP contribution in [0.3, 0.4) is 0 Å². The summed E-state index contributed by atoms with van der Waals surface area (Å²) in [6.45, 7) is 9.83. The number of azide groups is 1. The summed E-state index contributed by atoms with van der Waals surface area (Å²) in [5.41, 5.74) is 11.8. The molecular formula is C49H54ClN11O7S. The van der Waals surface area contributed by atoms with Crippen LogP contribution in [-0.2, 0) is 14.8 Å². The van der Waals surface area contributed by atoms with E-state index in [1.165, 1.54) is 30.0 Å². The van der Waals surface area contributed by atoms with Crippen molar-refractivity contribution in [2.24, 2.45) is 22.4 Å². The Kier molecular flexibility index (Phi) is 14.9. The number of nitro benzene ring substituents is 1. The number of H-pyrrole nitrogens is 1. The zero-order chi connectivity index (χ0) is 48.7. The van der Waals surface area contributed by atoms with Gasteiger partial charge in [0, 0.05) is 116 Å². The van der Waals surface area contributed by atoms with Crippen molar-refractivity contribution in [1.82, 2.24) is 24.5 Å². The Morgan fingerprint density at radius 3 is 2.54 bits per heavy atom. The number of halogens is 1. The number of pyridine rings is 1. The Bertz CT molecular complexity index is 2940. The Labute approximate surface area is 405 Å². The number of ether oxygens (including phenoxy) is 1. The maximum Gasteiger partial charge on any atom is 0.293 e. The number of anilines is 2. The highest BCUT2D eigenvalue weighted by Gasteiger charge is 2.30. The monoisotopic (exact) mass is 975 g/mol. The molecule has 0 saturated carbocycles. The summed E-state index contributed by atoms with van der Waals surface area (Å²) >= 11 is 6.23. The molecule has 2 aliphatic heterocycles. The molecule has 20 heteroatoms. The van der Waals surface area contributed by atoms with Gasteiger partial charge in [-0.2, -0.15) is 0 Å². The number of allylic oxidation sites excluding steroid dienone is 2. The lowest BCUT2D eigenvalue weighted by atomic mass is 9.78. The molecule has 1 unspecified atom stereocenters. The van der Waals surface area contributed by atoms with Gasteiger partial charge in [-0.25, -0.2) is 18.1 Å². The van der Waals surface area contributed by atoms with Gasteiger partial charge >= 0.3 is 0 Å². The molecule has 0 radical (unpaired) electrons. The minimum absolute atomic E-state index is 0.0119. The molecule has 0 bridgehead atoms. The van der Waals surface area contributed by atoms with E-state index in [1.54, 1.807) is 29.3 Å². The zero-order valence-electron chi connectivity index (χ0n) is 38.4. The minimum atomic E-state index is -4.63. The molecule has 8 rings (SSSR count). The van der Waals surface area contributed by atoms with E-state index in [1.807, 2.05) is 18.2 Å². The van der Waals surface area contributed by atoms with Gasteiger partial charge in [-0.1, -0.05) is 60.9 Å². The first kappa shape index (κ1) is 48.5. The molecule has 69 heavy (non-hydrogen) atoms. The average molecular weight is 977 g/mol. The molecule has 360 valence electrons. The third kappa shape index (κ3) is 12.0. The Hall–Kier alpha value is -6.92. The number of piperazine rings is 1. The number of nitro groups is 1. The first-order valence-corrected chi connectivity index (χ1v) is 24.8. The summed E-state index contributed by atoms with van der Waals surface area (Å²) in [5, 5.41) is 20.3. The summed E-state index contributed by atoms with van der Waals surface area (Å²) in [6.07, 6.45) is 12.3. The van der Waals surface area contributed by atoms with Crippen molar-refractivity contribution in [3.8, 4) is 11.5 Å². The number of carbonyl (C=O) groups excluding carboxylic acids is 2.